The summed E-state index contributed by atoms with van der Waals surface area (Å²) in [5, 5.41) is 5.12. The molecule has 10 heteroatoms. The number of rotatable bonds is 6. The van der Waals surface area contributed by atoms with Crippen LogP contribution in [0.15, 0.2) is 28.5 Å². The van der Waals surface area contributed by atoms with Crippen LogP contribution in [-0.4, -0.2) is 39.1 Å². The number of anilines is 1. The molecule has 1 aromatic heterocycles. The first-order valence-corrected chi connectivity index (χ1v) is 11.7. The van der Waals surface area contributed by atoms with E-state index in [0.717, 1.165) is 12.1 Å². The van der Waals surface area contributed by atoms with E-state index in [4.69, 9.17) is 9.47 Å². The standard InChI is InChI=1S/C19H25N3O5S2/c1-19(2,3)16-12-28-18(21-16)22-17(23)7-8-20-29(24,25)13-5-6-14-15(11-13)27-10-4-9-26-14/h5-6,11-12,20H,4,7-10H2,1-3H3,(H,21,22,23). The van der Waals surface area contributed by atoms with Gasteiger partial charge < -0.3 is 14.8 Å². The van der Waals surface area contributed by atoms with E-state index in [1.807, 2.05) is 26.2 Å². The lowest BCUT2D eigenvalue weighted by atomic mass is 9.93. The van der Waals surface area contributed by atoms with Crippen LogP contribution in [0.4, 0.5) is 5.13 Å². The van der Waals surface area contributed by atoms with Crippen LogP contribution in [0.2, 0.25) is 0 Å². The van der Waals surface area contributed by atoms with E-state index in [2.05, 4.69) is 15.0 Å². The minimum Gasteiger partial charge on any atom is -0.490 e. The van der Waals surface area contributed by atoms with E-state index in [0.29, 0.717) is 29.8 Å². The maximum absolute atomic E-state index is 12.5. The Balaban J connectivity index is 1.54. The second-order valence-electron chi connectivity index (χ2n) is 7.64. The van der Waals surface area contributed by atoms with Crippen LogP contribution in [0.25, 0.3) is 0 Å². The van der Waals surface area contributed by atoms with Crippen LogP contribution < -0.4 is 19.5 Å². The average Bonchev–Trinajstić information content (AvgIpc) is 2.98. The lowest BCUT2D eigenvalue weighted by molar-refractivity contribution is -0.116. The number of ether oxygens (including phenoxy) is 2. The van der Waals surface area contributed by atoms with Gasteiger partial charge in [-0.15, -0.1) is 11.3 Å². The summed E-state index contributed by atoms with van der Waals surface area (Å²) < 4.78 is 38.5. The highest BCUT2D eigenvalue weighted by Crippen LogP contribution is 2.32. The van der Waals surface area contributed by atoms with E-state index >= 15 is 0 Å². The summed E-state index contributed by atoms with van der Waals surface area (Å²) in [5.74, 6) is 0.626. The molecule has 2 N–H and O–H groups in total. The maximum Gasteiger partial charge on any atom is 0.240 e. The van der Waals surface area contributed by atoms with Crippen molar-refractivity contribution in [1.29, 1.82) is 0 Å². The van der Waals surface area contributed by atoms with Crippen molar-refractivity contribution in [3.8, 4) is 11.5 Å². The van der Waals surface area contributed by atoms with Crippen LogP contribution in [-0.2, 0) is 20.2 Å². The van der Waals surface area contributed by atoms with E-state index in [1.54, 1.807) is 6.07 Å². The van der Waals surface area contributed by atoms with Crippen LogP contribution in [0, 0.1) is 0 Å². The van der Waals surface area contributed by atoms with E-state index in [9.17, 15) is 13.2 Å². The fourth-order valence-electron chi connectivity index (χ4n) is 2.55. The van der Waals surface area contributed by atoms with Gasteiger partial charge in [-0.1, -0.05) is 20.8 Å². The van der Waals surface area contributed by atoms with Gasteiger partial charge in [-0.05, 0) is 12.1 Å². The fraction of sp³-hybridized carbons (Fsp3) is 0.474. The Morgan fingerprint density at radius 2 is 1.93 bits per heavy atom. The first-order valence-electron chi connectivity index (χ1n) is 9.30. The fourth-order valence-corrected chi connectivity index (χ4v) is 4.55. The van der Waals surface area contributed by atoms with Gasteiger partial charge in [-0.2, -0.15) is 0 Å². The lowest BCUT2D eigenvalue weighted by Gasteiger charge is -2.14. The van der Waals surface area contributed by atoms with Crippen molar-refractivity contribution in [2.24, 2.45) is 0 Å². The molecular formula is C19H25N3O5S2. The maximum atomic E-state index is 12.5. The van der Waals surface area contributed by atoms with Gasteiger partial charge in [0.2, 0.25) is 15.9 Å². The smallest absolute Gasteiger partial charge is 0.240 e. The highest BCUT2D eigenvalue weighted by Gasteiger charge is 2.20. The van der Waals surface area contributed by atoms with Gasteiger partial charge in [0.15, 0.2) is 16.6 Å². The van der Waals surface area contributed by atoms with Crippen molar-refractivity contribution < 1.29 is 22.7 Å². The zero-order valence-corrected chi connectivity index (χ0v) is 18.3. The molecule has 1 aromatic carbocycles. The monoisotopic (exact) mass is 439 g/mol. The van der Waals surface area contributed by atoms with Crippen molar-refractivity contribution >= 4 is 32.4 Å². The normalized spacial score (nSPS) is 14.3. The molecule has 0 bridgehead atoms. The molecule has 158 valence electrons. The molecule has 2 aromatic rings. The van der Waals surface area contributed by atoms with Gasteiger partial charge in [0.1, 0.15) is 0 Å². The van der Waals surface area contributed by atoms with Gasteiger partial charge in [0.25, 0.3) is 0 Å². The Bertz CT molecular complexity index is 980. The molecule has 0 fully saturated rings. The zero-order chi connectivity index (χ0) is 21.1. The summed E-state index contributed by atoms with van der Waals surface area (Å²) in [6, 6.07) is 4.48. The minimum atomic E-state index is -3.77. The summed E-state index contributed by atoms with van der Waals surface area (Å²) in [7, 11) is -3.77. The molecule has 8 nitrogen and oxygen atoms in total. The number of carbonyl (C=O) groups is 1. The van der Waals surface area contributed by atoms with Gasteiger partial charge in [-0.25, -0.2) is 18.1 Å². The lowest BCUT2D eigenvalue weighted by Crippen LogP contribution is -2.28. The largest absolute Gasteiger partial charge is 0.490 e. The summed E-state index contributed by atoms with van der Waals surface area (Å²) in [4.78, 5) is 16.6. The molecule has 0 saturated carbocycles. The van der Waals surface area contributed by atoms with E-state index in [1.165, 1.54) is 23.5 Å². The van der Waals surface area contributed by atoms with E-state index < -0.39 is 10.0 Å². The number of thiazole rings is 1. The topological polar surface area (TPSA) is 107 Å². The Morgan fingerprint density at radius 3 is 2.62 bits per heavy atom. The number of nitrogens with zero attached hydrogens (tertiary/aromatic N) is 1. The third-order valence-corrected chi connectivity index (χ3v) is 6.41. The van der Waals surface area contributed by atoms with Gasteiger partial charge in [0, 0.05) is 36.2 Å². The van der Waals surface area contributed by atoms with Gasteiger partial charge in [-0.3, -0.25) is 4.79 Å². The first-order chi connectivity index (χ1) is 13.6. The van der Waals surface area contributed by atoms with Crippen LogP contribution in [0.5, 0.6) is 11.5 Å². The molecule has 1 amide bonds. The van der Waals surface area contributed by atoms with Crippen LogP contribution in [0.3, 0.4) is 0 Å². The molecule has 0 aliphatic carbocycles. The number of nitrogens with one attached hydrogen (secondary N) is 2. The molecular weight excluding hydrogens is 414 g/mol. The average molecular weight is 440 g/mol. The summed E-state index contributed by atoms with van der Waals surface area (Å²) in [5.41, 5.74) is 0.797. The molecule has 1 aliphatic rings. The zero-order valence-electron chi connectivity index (χ0n) is 16.6. The number of hydrogen-bond acceptors (Lipinski definition) is 7. The summed E-state index contributed by atoms with van der Waals surface area (Å²) in [6.07, 6.45) is 0.731. The summed E-state index contributed by atoms with van der Waals surface area (Å²) >= 11 is 1.35. The highest BCUT2D eigenvalue weighted by molar-refractivity contribution is 7.89. The van der Waals surface area contributed by atoms with E-state index in [-0.39, 0.29) is 29.2 Å². The predicted octanol–water partition coefficient (Wildman–Crippen LogP) is 2.91. The second kappa shape index (κ2) is 8.68. The minimum absolute atomic E-state index is 0.00574. The second-order valence-corrected chi connectivity index (χ2v) is 10.3. The third kappa shape index (κ3) is 5.68. The van der Waals surface area contributed by atoms with Crippen LogP contribution in [0.1, 0.15) is 39.3 Å². The predicted molar refractivity (Wildman–Crippen MR) is 111 cm³/mol. The number of carbonyl (C=O) groups excluding carboxylic acids is 1. The third-order valence-electron chi connectivity index (χ3n) is 4.19. The quantitative estimate of drug-likeness (QED) is 0.717. The molecule has 0 saturated heterocycles. The Labute approximate surface area is 174 Å². The number of aromatic nitrogens is 1. The molecule has 2 heterocycles. The number of benzene rings is 1. The molecule has 29 heavy (non-hydrogen) atoms. The van der Waals surface area contributed by atoms with Crippen molar-refractivity contribution in [3.63, 3.8) is 0 Å². The molecule has 0 atom stereocenters. The van der Waals surface area contributed by atoms with Crippen molar-refractivity contribution in [1.82, 2.24) is 9.71 Å². The number of fused-ring (bicyclic) bond motifs is 1. The van der Waals surface area contributed by atoms with Crippen molar-refractivity contribution in [3.05, 3.63) is 29.3 Å². The molecule has 0 unspecified atom stereocenters. The van der Waals surface area contributed by atoms with Crippen molar-refractivity contribution in [2.45, 2.75) is 43.9 Å². The number of sulfonamides is 1. The Morgan fingerprint density at radius 1 is 1.21 bits per heavy atom. The highest BCUT2D eigenvalue weighted by atomic mass is 32.2. The molecule has 1 aliphatic heterocycles. The SMILES string of the molecule is CC(C)(C)c1csc(NC(=O)CCNS(=O)(=O)c2ccc3c(c2)OCCCO3)n1. The Hall–Kier alpha value is -2.17. The number of hydrogen-bond donors (Lipinski definition) is 2. The van der Waals surface area contributed by atoms with Crippen molar-refractivity contribution in [2.75, 3.05) is 25.1 Å². The van der Waals surface area contributed by atoms with Gasteiger partial charge >= 0.3 is 0 Å². The van der Waals surface area contributed by atoms with Crippen LogP contribution >= 0.6 is 11.3 Å². The summed E-state index contributed by atoms with van der Waals surface area (Å²) in [6.45, 7) is 7.10. The molecule has 0 radical (unpaired) electrons. The molecule has 0 spiro atoms. The first kappa shape index (κ1) is 21.5. The molecule has 3 rings (SSSR count). The Kier molecular flexibility index (Phi) is 6.45. The number of amides is 1. The van der Waals surface area contributed by atoms with Gasteiger partial charge in [0.05, 0.1) is 23.8 Å².